The minimum atomic E-state index is -0.0637. The van der Waals surface area contributed by atoms with Gasteiger partial charge >= 0.3 is 0 Å². The van der Waals surface area contributed by atoms with E-state index in [-0.39, 0.29) is 6.04 Å². The molecule has 2 N–H and O–H groups in total. The Hall–Kier alpha value is -0.240. The molecule has 66 valence electrons. The van der Waals surface area contributed by atoms with E-state index >= 15 is 0 Å². The van der Waals surface area contributed by atoms with Crippen LogP contribution in [-0.2, 0) is 0 Å². The van der Waals surface area contributed by atoms with Crippen molar-refractivity contribution < 1.29 is 0 Å². The fourth-order valence-electron chi connectivity index (χ4n) is 1.07. The Labute approximate surface area is 82.5 Å². The Balaban J connectivity index is 3.12. The molecule has 0 aliphatic carbocycles. The van der Waals surface area contributed by atoms with Crippen LogP contribution in [0.15, 0.2) is 18.2 Å². The first kappa shape index (κ1) is 9.85. The third-order valence-corrected chi connectivity index (χ3v) is 2.47. The third kappa shape index (κ3) is 1.92. The topological polar surface area (TPSA) is 26.0 Å². The summed E-state index contributed by atoms with van der Waals surface area (Å²) >= 11 is 11.9. The second kappa shape index (κ2) is 4.13. The maximum absolute atomic E-state index is 5.94. The van der Waals surface area contributed by atoms with E-state index in [2.05, 4.69) is 0 Å². The molecule has 1 atom stereocenters. The van der Waals surface area contributed by atoms with Crippen molar-refractivity contribution in [3.8, 4) is 0 Å². The summed E-state index contributed by atoms with van der Waals surface area (Å²) in [5, 5.41) is 1.30. The van der Waals surface area contributed by atoms with Gasteiger partial charge in [-0.05, 0) is 18.6 Å². The first-order chi connectivity index (χ1) is 5.66. The molecule has 0 amide bonds. The van der Waals surface area contributed by atoms with Gasteiger partial charge in [0.2, 0.25) is 0 Å². The molecule has 1 unspecified atom stereocenters. The largest absolute Gasteiger partial charge is 0.324 e. The highest BCUT2D eigenvalue weighted by Gasteiger charge is 2.11. The van der Waals surface area contributed by atoms with Crippen LogP contribution in [0.4, 0.5) is 0 Å². The first-order valence-electron chi connectivity index (χ1n) is 3.86. The predicted octanol–water partition coefficient (Wildman–Crippen LogP) is 3.40. The fourth-order valence-corrected chi connectivity index (χ4v) is 1.75. The Morgan fingerprint density at radius 2 is 1.83 bits per heavy atom. The van der Waals surface area contributed by atoms with Crippen LogP contribution in [0.25, 0.3) is 0 Å². The maximum atomic E-state index is 5.94. The lowest BCUT2D eigenvalue weighted by Gasteiger charge is -2.12. The van der Waals surface area contributed by atoms with Gasteiger partial charge in [-0.25, -0.2) is 0 Å². The predicted molar refractivity (Wildman–Crippen MR) is 53.7 cm³/mol. The molecule has 1 nitrogen and oxygen atoms in total. The van der Waals surface area contributed by atoms with E-state index in [4.69, 9.17) is 28.9 Å². The molecule has 3 heteroatoms. The molecule has 0 spiro atoms. The molecule has 0 heterocycles. The van der Waals surface area contributed by atoms with Crippen LogP contribution in [0.5, 0.6) is 0 Å². The number of rotatable bonds is 2. The van der Waals surface area contributed by atoms with Crippen molar-refractivity contribution >= 4 is 23.2 Å². The monoisotopic (exact) mass is 203 g/mol. The zero-order valence-electron chi connectivity index (χ0n) is 6.85. The van der Waals surface area contributed by atoms with E-state index in [9.17, 15) is 0 Å². The van der Waals surface area contributed by atoms with Gasteiger partial charge in [0.25, 0.3) is 0 Å². The lowest BCUT2D eigenvalue weighted by molar-refractivity contribution is 0.699. The van der Waals surface area contributed by atoms with Crippen molar-refractivity contribution in [1.29, 1.82) is 0 Å². The van der Waals surface area contributed by atoms with Gasteiger partial charge in [0.15, 0.2) is 0 Å². The first-order valence-corrected chi connectivity index (χ1v) is 4.62. The molecule has 0 radical (unpaired) electrons. The van der Waals surface area contributed by atoms with Gasteiger partial charge in [0, 0.05) is 21.7 Å². The van der Waals surface area contributed by atoms with Crippen molar-refractivity contribution in [2.45, 2.75) is 19.4 Å². The molecule has 0 saturated heterocycles. The quantitative estimate of drug-likeness (QED) is 0.784. The molecule has 0 fully saturated rings. The summed E-state index contributed by atoms with van der Waals surface area (Å²) in [4.78, 5) is 0. The van der Waals surface area contributed by atoms with Gasteiger partial charge in [-0.3, -0.25) is 0 Å². The standard InChI is InChI=1S/C9H11Cl2N/c1-2-8(12)9-6(10)4-3-5-7(9)11/h3-5,8H,2,12H2,1H3. The van der Waals surface area contributed by atoms with Crippen LogP contribution >= 0.6 is 23.2 Å². The minimum absolute atomic E-state index is 0.0637. The third-order valence-electron chi connectivity index (χ3n) is 1.81. The molecule has 1 aromatic carbocycles. The molecular formula is C9H11Cl2N. The van der Waals surface area contributed by atoms with Crippen LogP contribution in [0.1, 0.15) is 24.9 Å². The van der Waals surface area contributed by atoms with Gasteiger partial charge in [0.05, 0.1) is 0 Å². The van der Waals surface area contributed by atoms with Crippen LogP contribution < -0.4 is 5.73 Å². The van der Waals surface area contributed by atoms with E-state index in [0.29, 0.717) is 10.0 Å². The molecule has 1 rings (SSSR count). The van der Waals surface area contributed by atoms with E-state index < -0.39 is 0 Å². The molecule has 12 heavy (non-hydrogen) atoms. The SMILES string of the molecule is CCC(N)c1c(Cl)cccc1Cl. The van der Waals surface area contributed by atoms with Gasteiger partial charge in [-0.15, -0.1) is 0 Å². The molecule has 0 aromatic heterocycles. The Morgan fingerprint density at radius 1 is 1.33 bits per heavy atom. The van der Waals surface area contributed by atoms with Crippen molar-refractivity contribution in [3.05, 3.63) is 33.8 Å². The molecule has 0 aliphatic heterocycles. The Kier molecular flexibility index (Phi) is 3.39. The number of hydrogen-bond donors (Lipinski definition) is 1. The fraction of sp³-hybridized carbons (Fsp3) is 0.333. The highest BCUT2D eigenvalue weighted by molar-refractivity contribution is 6.36. The second-order valence-corrected chi connectivity index (χ2v) is 3.46. The van der Waals surface area contributed by atoms with Gasteiger partial charge in [0.1, 0.15) is 0 Å². The van der Waals surface area contributed by atoms with E-state index in [1.165, 1.54) is 0 Å². The minimum Gasteiger partial charge on any atom is -0.324 e. The molecule has 1 aromatic rings. The van der Waals surface area contributed by atoms with Gasteiger partial charge in [-0.1, -0.05) is 36.2 Å². The lowest BCUT2D eigenvalue weighted by atomic mass is 10.1. The molecule has 0 aliphatic rings. The summed E-state index contributed by atoms with van der Waals surface area (Å²) in [6, 6.07) is 5.36. The van der Waals surface area contributed by atoms with Crippen LogP contribution in [0.2, 0.25) is 10.0 Å². The van der Waals surface area contributed by atoms with Crippen molar-refractivity contribution in [2.24, 2.45) is 5.73 Å². The maximum Gasteiger partial charge on any atom is 0.0468 e. The molecular weight excluding hydrogens is 193 g/mol. The second-order valence-electron chi connectivity index (χ2n) is 2.65. The zero-order valence-corrected chi connectivity index (χ0v) is 8.36. The van der Waals surface area contributed by atoms with Crippen molar-refractivity contribution in [3.63, 3.8) is 0 Å². The summed E-state index contributed by atoms with van der Waals surface area (Å²) in [6.45, 7) is 2.00. The average Bonchev–Trinajstić information content (AvgIpc) is 2.03. The normalized spacial score (nSPS) is 13.0. The number of benzene rings is 1. The van der Waals surface area contributed by atoms with Crippen LogP contribution in [0, 0.1) is 0 Å². The van der Waals surface area contributed by atoms with Crippen molar-refractivity contribution in [2.75, 3.05) is 0 Å². The Bertz CT molecular complexity index is 253. The van der Waals surface area contributed by atoms with E-state index in [1.54, 1.807) is 12.1 Å². The summed E-state index contributed by atoms with van der Waals surface area (Å²) in [6.07, 6.45) is 0.837. The van der Waals surface area contributed by atoms with Crippen LogP contribution in [-0.4, -0.2) is 0 Å². The van der Waals surface area contributed by atoms with E-state index in [0.717, 1.165) is 12.0 Å². The number of hydrogen-bond acceptors (Lipinski definition) is 1. The van der Waals surface area contributed by atoms with E-state index in [1.807, 2.05) is 13.0 Å². The highest BCUT2D eigenvalue weighted by Crippen LogP contribution is 2.30. The summed E-state index contributed by atoms with van der Waals surface area (Å²) in [7, 11) is 0. The summed E-state index contributed by atoms with van der Waals surface area (Å²) in [5.41, 5.74) is 6.68. The molecule has 0 saturated carbocycles. The Morgan fingerprint density at radius 3 is 2.25 bits per heavy atom. The molecule has 0 bridgehead atoms. The van der Waals surface area contributed by atoms with Gasteiger partial charge in [-0.2, -0.15) is 0 Å². The highest BCUT2D eigenvalue weighted by atomic mass is 35.5. The smallest absolute Gasteiger partial charge is 0.0468 e. The average molecular weight is 204 g/mol. The van der Waals surface area contributed by atoms with Crippen molar-refractivity contribution in [1.82, 2.24) is 0 Å². The summed E-state index contributed by atoms with van der Waals surface area (Å²) < 4.78 is 0. The zero-order chi connectivity index (χ0) is 9.14. The lowest BCUT2D eigenvalue weighted by Crippen LogP contribution is -2.09. The number of halogens is 2. The number of nitrogens with two attached hydrogens (primary N) is 1. The van der Waals surface area contributed by atoms with Gasteiger partial charge < -0.3 is 5.73 Å². The summed E-state index contributed by atoms with van der Waals surface area (Å²) in [5.74, 6) is 0. The van der Waals surface area contributed by atoms with Crippen LogP contribution in [0.3, 0.4) is 0 Å².